The fraction of sp³-hybridized carbons (Fsp3) is 0.839. The summed E-state index contributed by atoms with van der Waals surface area (Å²) in [6.45, 7) is 28.9. The Bertz CT molecular complexity index is 715. The van der Waals surface area contributed by atoms with Crippen LogP contribution in [0.3, 0.4) is 0 Å². The second kappa shape index (κ2) is 29.7. The Balaban J connectivity index is -0.0000000386. The van der Waals surface area contributed by atoms with Crippen LogP contribution in [0.25, 0.3) is 0 Å². The van der Waals surface area contributed by atoms with Crippen molar-refractivity contribution in [2.45, 2.75) is 133 Å². The molecule has 0 fully saturated rings. The molecule has 0 bridgehead atoms. The first-order valence-electron chi connectivity index (χ1n) is 14.3. The van der Waals surface area contributed by atoms with E-state index in [2.05, 4.69) is 11.5 Å². The van der Waals surface area contributed by atoms with Gasteiger partial charge in [0.05, 0.1) is 22.2 Å². The second-order valence-corrected chi connectivity index (χ2v) is 11.5. The zero-order valence-corrected chi connectivity index (χ0v) is 41.8. The topological polar surface area (TPSA) is 150 Å². The van der Waals surface area contributed by atoms with Gasteiger partial charge in [0.1, 0.15) is 5.78 Å². The van der Waals surface area contributed by atoms with Crippen molar-refractivity contribution in [3.63, 3.8) is 0 Å². The van der Waals surface area contributed by atoms with Gasteiger partial charge in [-0.2, -0.15) is 0 Å². The standard InChI is InChI=1S/2C12H24N2O2.C3H6O.C2H6.2CH5N.2Ba.4H/c2*1-9(15)13(7)11(3,4)12(5,6)14(8)10(2)16;1-3(2)4;3*1-2;;;;;;/h2*1-8H3;1-2H3;1-2H3;2*2H2,1H3;;;;;;/q;;;;;;2*+2;4*-1. The molecule has 13 heteroatoms. The molecule has 11 nitrogen and oxygen atoms in total. The van der Waals surface area contributed by atoms with Gasteiger partial charge >= 0.3 is 97.8 Å². The maximum Gasteiger partial charge on any atom is 2.00 e. The molecular formula is C31H74Ba2N6O5. The molecule has 0 aliphatic heterocycles. The summed E-state index contributed by atoms with van der Waals surface area (Å²) in [6, 6.07) is 0. The summed E-state index contributed by atoms with van der Waals surface area (Å²) in [5.41, 5.74) is 7.27. The van der Waals surface area contributed by atoms with E-state index >= 15 is 0 Å². The number of nitrogens with two attached hydrogens (primary N) is 2. The Hall–Kier alpha value is 0.613. The third kappa shape index (κ3) is 21.5. The molecule has 0 aliphatic carbocycles. The van der Waals surface area contributed by atoms with E-state index in [4.69, 9.17) is 0 Å². The Morgan fingerprint density at radius 3 is 0.523 bits per heavy atom. The van der Waals surface area contributed by atoms with E-state index in [9.17, 15) is 24.0 Å². The molecule has 0 aromatic heterocycles. The van der Waals surface area contributed by atoms with Crippen molar-refractivity contribution in [1.29, 1.82) is 0 Å². The van der Waals surface area contributed by atoms with Crippen LogP contribution < -0.4 is 11.5 Å². The van der Waals surface area contributed by atoms with E-state index in [-0.39, 0.29) is 133 Å². The molecule has 0 aromatic carbocycles. The first kappa shape index (κ1) is 63.3. The van der Waals surface area contributed by atoms with Crippen molar-refractivity contribution < 1.29 is 29.7 Å². The number of rotatable bonds is 6. The molecule has 262 valence electrons. The van der Waals surface area contributed by atoms with Gasteiger partial charge in [-0.3, -0.25) is 19.2 Å². The van der Waals surface area contributed by atoms with Gasteiger partial charge in [-0.1, -0.05) is 13.8 Å². The normalized spacial score (nSPS) is 9.91. The number of Topliss-reactive ketones (excluding diaryl/α,β-unsaturated/α-hetero) is 1. The maximum absolute atomic E-state index is 11.5. The monoisotopic (exact) mass is 886 g/mol. The van der Waals surface area contributed by atoms with Crippen molar-refractivity contribution in [3.8, 4) is 0 Å². The van der Waals surface area contributed by atoms with Crippen LogP contribution in [0.15, 0.2) is 0 Å². The van der Waals surface area contributed by atoms with Gasteiger partial charge < -0.3 is 41.6 Å². The third-order valence-corrected chi connectivity index (χ3v) is 8.24. The molecular weight excluding hydrogens is 811 g/mol. The van der Waals surface area contributed by atoms with Gasteiger partial charge in [-0.25, -0.2) is 0 Å². The summed E-state index contributed by atoms with van der Waals surface area (Å²) in [6.07, 6.45) is 0. The number of hydrogen-bond acceptors (Lipinski definition) is 7. The number of nitrogens with zero attached hydrogens (tertiary/aromatic N) is 4. The summed E-state index contributed by atoms with van der Waals surface area (Å²) < 4.78 is 0. The summed E-state index contributed by atoms with van der Waals surface area (Å²) in [4.78, 5) is 61.9. The van der Waals surface area contributed by atoms with Crippen molar-refractivity contribution in [3.05, 3.63) is 0 Å². The largest absolute Gasteiger partial charge is 2.00 e. The van der Waals surface area contributed by atoms with Crippen LogP contribution in [-0.2, 0) is 24.0 Å². The van der Waals surface area contributed by atoms with Crippen molar-refractivity contribution >= 4 is 127 Å². The van der Waals surface area contributed by atoms with Crippen LogP contribution in [0.5, 0.6) is 0 Å². The molecule has 0 spiro atoms. The first-order chi connectivity index (χ1) is 18.6. The molecule has 4 N–H and O–H groups in total. The molecule has 0 rings (SSSR count). The van der Waals surface area contributed by atoms with E-state index < -0.39 is 22.2 Å². The minimum atomic E-state index is -0.431. The van der Waals surface area contributed by atoms with Crippen LogP contribution in [0.4, 0.5) is 0 Å². The number of carbonyl (C=O) groups excluding carboxylic acids is 5. The van der Waals surface area contributed by atoms with Gasteiger partial charge in [0.25, 0.3) is 0 Å². The van der Waals surface area contributed by atoms with E-state index in [1.165, 1.54) is 55.6 Å². The smallest absolute Gasteiger partial charge is 1.00 e. The van der Waals surface area contributed by atoms with E-state index in [1.54, 1.807) is 47.8 Å². The summed E-state index contributed by atoms with van der Waals surface area (Å²) in [7, 11) is 10.0. The maximum atomic E-state index is 11.5. The van der Waals surface area contributed by atoms with Crippen LogP contribution >= 0.6 is 0 Å². The van der Waals surface area contributed by atoms with Gasteiger partial charge in [-0.15, -0.1) is 0 Å². The van der Waals surface area contributed by atoms with Gasteiger partial charge in [-0.05, 0) is 83.3 Å². The minimum Gasteiger partial charge on any atom is -1.00 e. The molecule has 44 heavy (non-hydrogen) atoms. The van der Waals surface area contributed by atoms with E-state index in [0.29, 0.717) is 0 Å². The number of carbonyl (C=O) groups is 5. The van der Waals surface area contributed by atoms with Gasteiger partial charge in [0, 0.05) is 55.9 Å². The average molecular weight is 886 g/mol. The number of likely N-dealkylation sites (N-methyl/N-ethyl adjacent to an activating group) is 4. The Kier molecular flexibility index (Phi) is 42.8. The summed E-state index contributed by atoms with van der Waals surface area (Å²) >= 11 is 0. The van der Waals surface area contributed by atoms with Gasteiger partial charge in [0.2, 0.25) is 23.6 Å². The van der Waals surface area contributed by atoms with Gasteiger partial charge in [0.15, 0.2) is 0 Å². The zero-order valence-electron chi connectivity index (χ0n) is 36.9. The molecule has 0 aliphatic rings. The molecule has 4 amide bonds. The number of hydrogen-bond donors (Lipinski definition) is 2. The molecule has 0 saturated carbocycles. The zero-order chi connectivity index (χ0) is 36.2. The molecule has 0 unspecified atom stereocenters. The SMILES string of the molecule is CC.CC(=O)N(C)C(C)(C)C(C)(C)N(C)C(C)=O.CC(=O)N(C)C(C)(C)C(C)(C)N(C)C(C)=O.CC(C)=O.CN.CN.[Ba+2].[Ba+2].[H-].[H-].[H-].[H-]. The predicted molar refractivity (Wildman–Crippen MR) is 194 cm³/mol. The fourth-order valence-corrected chi connectivity index (χ4v) is 3.22. The molecule has 0 atom stereocenters. The summed E-state index contributed by atoms with van der Waals surface area (Å²) in [5, 5.41) is 0. The summed E-state index contributed by atoms with van der Waals surface area (Å²) in [5.74, 6) is 0.148. The number of ketones is 1. The molecule has 0 radical (unpaired) electrons. The first-order valence-corrected chi connectivity index (χ1v) is 14.3. The van der Waals surface area contributed by atoms with Crippen LogP contribution in [0.1, 0.15) is 116 Å². The number of amides is 4. The average Bonchev–Trinajstić information content (AvgIpc) is 2.89. The van der Waals surface area contributed by atoms with Crippen LogP contribution in [0, 0.1) is 0 Å². The van der Waals surface area contributed by atoms with Crippen molar-refractivity contribution in [2.75, 3.05) is 42.3 Å². The molecule has 0 heterocycles. The van der Waals surface area contributed by atoms with Crippen molar-refractivity contribution in [2.24, 2.45) is 11.5 Å². The van der Waals surface area contributed by atoms with Crippen LogP contribution in [0.2, 0.25) is 0 Å². The quantitative estimate of drug-likeness (QED) is 0.389. The minimum absolute atomic E-state index is 0. The van der Waals surface area contributed by atoms with Crippen molar-refractivity contribution in [1.82, 2.24) is 19.6 Å². The molecule has 0 saturated heterocycles. The fourth-order valence-electron chi connectivity index (χ4n) is 3.22. The Labute approximate surface area is 358 Å². The van der Waals surface area contributed by atoms with E-state index in [1.807, 2.05) is 69.2 Å². The molecule has 0 aromatic rings. The predicted octanol–water partition coefficient (Wildman–Crippen LogP) is 3.46. The third-order valence-electron chi connectivity index (χ3n) is 8.24. The van der Waals surface area contributed by atoms with Crippen LogP contribution in [-0.4, -0.2) is 211 Å². The second-order valence-electron chi connectivity index (χ2n) is 11.5. The Morgan fingerprint density at radius 2 is 0.477 bits per heavy atom. The Morgan fingerprint density at radius 1 is 0.409 bits per heavy atom. The van der Waals surface area contributed by atoms with E-state index in [0.717, 1.165) is 0 Å².